The molecule has 0 radical (unpaired) electrons. The van der Waals surface area contributed by atoms with Crippen molar-refractivity contribution in [2.45, 2.75) is 17.4 Å². The summed E-state index contributed by atoms with van der Waals surface area (Å²) in [5.74, 6) is 3.53. The van der Waals surface area contributed by atoms with Crippen LogP contribution in [0.25, 0.3) is 0 Å². The number of ketones is 1. The van der Waals surface area contributed by atoms with Gasteiger partial charge in [0.15, 0.2) is 5.78 Å². The summed E-state index contributed by atoms with van der Waals surface area (Å²) in [5, 5.41) is 9.50. The number of fused-ring (bicyclic) bond motifs is 2. The van der Waals surface area contributed by atoms with Gasteiger partial charge in [0.05, 0.1) is 5.76 Å². The number of hydrogen-bond acceptors (Lipinski definition) is 4. The zero-order valence-electron chi connectivity index (χ0n) is 7.95. The molecule has 1 spiro atoms. The Bertz CT molecular complexity index is 338. The predicted octanol–water partition coefficient (Wildman–Crippen LogP) is 2.21. The van der Waals surface area contributed by atoms with E-state index in [4.69, 9.17) is 0 Å². The number of aliphatic hydroxyl groups excluding tert-OH is 1. The van der Waals surface area contributed by atoms with E-state index in [2.05, 4.69) is 0 Å². The zero-order chi connectivity index (χ0) is 9.92. The molecule has 1 saturated heterocycles. The first-order chi connectivity index (χ1) is 6.67. The molecule has 0 unspecified atom stereocenters. The van der Waals surface area contributed by atoms with Crippen LogP contribution in [0.15, 0.2) is 11.3 Å². The van der Waals surface area contributed by atoms with E-state index in [1.165, 1.54) is 0 Å². The number of Topliss-reactive ketones (excluding diaryl/α,β-unsaturated/α-hetero) is 1. The maximum atomic E-state index is 12.2. The smallest absolute Gasteiger partial charge is 0.188 e. The molecule has 1 heterocycles. The highest BCUT2D eigenvalue weighted by atomic mass is 32.2. The van der Waals surface area contributed by atoms with Gasteiger partial charge in [0.25, 0.3) is 0 Å². The molecule has 2 saturated carbocycles. The van der Waals surface area contributed by atoms with Gasteiger partial charge in [0.1, 0.15) is 4.08 Å². The molecule has 3 rings (SSSR count). The van der Waals surface area contributed by atoms with Crippen molar-refractivity contribution in [2.24, 2.45) is 11.8 Å². The van der Waals surface area contributed by atoms with Crippen molar-refractivity contribution in [1.29, 1.82) is 0 Å². The quantitative estimate of drug-likeness (QED) is 0.509. The van der Waals surface area contributed by atoms with Gasteiger partial charge in [-0.15, -0.1) is 23.5 Å². The second-order valence-electron chi connectivity index (χ2n) is 4.14. The Kier molecular flexibility index (Phi) is 1.78. The van der Waals surface area contributed by atoms with E-state index < -0.39 is 0 Å². The van der Waals surface area contributed by atoms with Gasteiger partial charge in [0, 0.05) is 17.1 Å². The van der Waals surface area contributed by atoms with Gasteiger partial charge in [-0.3, -0.25) is 4.79 Å². The van der Waals surface area contributed by atoms with Gasteiger partial charge in [0.2, 0.25) is 0 Å². The van der Waals surface area contributed by atoms with Crippen LogP contribution < -0.4 is 0 Å². The monoisotopic (exact) mass is 228 g/mol. The molecule has 2 aliphatic carbocycles. The molecule has 2 atom stereocenters. The van der Waals surface area contributed by atoms with Gasteiger partial charge >= 0.3 is 0 Å². The molecular weight excluding hydrogens is 216 g/mol. The molecule has 4 heteroatoms. The highest BCUT2D eigenvalue weighted by Gasteiger charge is 2.68. The Morgan fingerprint density at radius 2 is 2.14 bits per heavy atom. The molecule has 14 heavy (non-hydrogen) atoms. The molecule has 1 N–H and O–H groups in total. The number of thioether (sulfide) groups is 2. The van der Waals surface area contributed by atoms with E-state index in [-0.39, 0.29) is 15.6 Å². The minimum Gasteiger partial charge on any atom is -0.512 e. The van der Waals surface area contributed by atoms with Crippen LogP contribution in [0, 0.1) is 11.8 Å². The van der Waals surface area contributed by atoms with E-state index in [1.807, 2.05) is 0 Å². The van der Waals surface area contributed by atoms with E-state index in [9.17, 15) is 9.90 Å². The third-order valence-corrected chi connectivity index (χ3v) is 6.93. The van der Waals surface area contributed by atoms with Crippen LogP contribution in [-0.2, 0) is 4.79 Å². The molecule has 0 bridgehead atoms. The Labute approximate surface area is 91.5 Å². The minimum absolute atomic E-state index is 0.190. The number of aliphatic hydroxyl groups is 1. The molecule has 3 fully saturated rings. The normalized spacial score (nSPS) is 41.6. The summed E-state index contributed by atoms with van der Waals surface area (Å²) >= 11 is 3.60. The zero-order valence-corrected chi connectivity index (χ0v) is 9.58. The Hall–Kier alpha value is -0.0900. The topological polar surface area (TPSA) is 37.3 Å². The van der Waals surface area contributed by atoms with E-state index in [0.29, 0.717) is 11.8 Å². The van der Waals surface area contributed by atoms with Crippen LogP contribution in [-0.4, -0.2) is 26.5 Å². The Morgan fingerprint density at radius 3 is 2.64 bits per heavy atom. The van der Waals surface area contributed by atoms with Crippen LogP contribution in [0.5, 0.6) is 0 Å². The van der Waals surface area contributed by atoms with E-state index in [0.717, 1.165) is 23.5 Å². The summed E-state index contributed by atoms with van der Waals surface area (Å²) in [6, 6.07) is 0. The first-order valence-electron chi connectivity index (χ1n) is 4.89. The van der Waals surface area contributed by atoms with E-state index >= 15 is 0 Å². The molecule has 2 nitrogen and oxygen atoms in total. The maximum absolute atomic E-state index is 12.2. The third kappa shape index (κ3) is 0.936. The van der Waals surface area contributed by atoms with Crippen LogP contribution >= 0.6 is 23.5 Å². The fraction of sp³-hybridized carbons (Fsp3) is 0.700. The molecular formula is C10H12O2S2. The summed E-state index contributed by atoms with van der Waals surface area (Å²) in [7, 11) is 0. The molecule has 3 aliphatic rings. The standard InChI is InChI=1S/C10H12O2S2/c1-5(11)8-6-4-7(6)10(9(8)12)13-2-3-14-10/h6-7,11H,2-4H2,1H3/b8-5-/t6-,7+/m0/s1. The largest absolute Gasteiger partial charge is 0.512 e. The van der Waals surface area contributed by atoms with Crippen LogP contribution in [0.2, 0.25) is 0 Å². The van der Waals surface area contributed by atoms with Crippen molar-refractivity contribution < 1.29 is 9.90 Å². The number of carbonyl (C=O) groups is 1. The van der Waals surface area contributed by atoms with Crippen molar-refractivity contribution in [3.63, 3.8) is 0 Å². The van der Waals surface area contributed by atoms with Crippen molar-refractivity contribution in [1.82, 2.24) is 0 Å². The number of hydrogen-bond donors (Lipinski definition) is 1. The van der Waals surface area contributed by atoms with Crippen molar-refractivity contribution in [3.8, 4) is 0 Å². The second kappa shape index (κ2) is 2.73. The van der Waals surface area contributed by atoms with Gasteiger partial charge < -0.3 is 5.11 Å². The lowest BCUT2D eigenvalue weighted by atomic mass is 10.1. The predicted molar refractivity (Wildman–Crippen MR) is 59.6 cm³/mol. The second-order valence-corrected chi connectivity index (χ2v) is 7.08. The fourth-order valence-corrected chi connectivity index (χ4v) is 6.20. The lowest BCUT2D eigenvalue weighted by molar-refractivity contribution is -0.115. The van der Waals surface area contributed by atoms with Crippen LogP contribution in [0.4, 0.5) is 0 Å². The van der Waals surface area contributed by atoms with Gasteiger partial charge in [-0.25, -0.2) is 0 Å². The molecule has 0 aromatic heterocycles. The van der Waals surface area contributed by atoms with Gasteiger partial charge in [-0.1, -0.05) is 0 Å². The molecule has 0 amide bonds. The summed E-state index contributed by atoms with van der Waals surface area (Å²) in [6.45, 7) is 1.64. The third-order valence-electron chi connectivity index (χ3n) is 3.32. The number of rotatable bonds is 0. The van der Waals surface area contributed by atoms with E-state index in [1.54, 1.807) is 30.4 Å². The van der Waals surface area contributed by atoms with Crippen LogP contribution in [0.3, 0.4) is 0 Å². The van der Waals surface area contributed by atoms with Crippen molar-refractivity contribution in [3.05, 3.63) is 11.3 Å². The number of allylic oxidation sites excluding steroid dienone is 2. The average molecular weight is 228 g/mol. The SMILES string of the molecule is C/C(O)=C1/C(=O)C2(SCCS2)[C@@H]2C[C@H]12. The summed E-state index contributed by atoms with van der Waals surface area (Å²) in [4.78, 5) is 12.2. The highest BCUT2D eigenvalue weighted by Crippen LogP contribution is 2.69. The first-order valence-corrected chi connectivity index (χ1v) is 6.86. The number of carbonyl (C=O) groups excluding carboxylic acids is 1. The molecule has 76 valence electrons. The minimum atomic E-state index is -0.190. The van der Waals surface area contributed by atoms with Gasteiger partial charge in [-0.2, -0.15) is 0 Å². The molecule has 1 aliphatic heterocycles. The lowest BCUT2D eigenvalue weighted by Crippen LogP contribution is -2.28. The maximum Gasteiger partial charge on any atom is 0.188 e. The van der Waals surface area contributed by atoms with Gasteiger partial charge in [-0.05, 0) is 25.2 Å². The molecule has 0 aromatic carbocycles. The lowest BCUT2D eigenvalue weighted by Gasteiger charge is -2.21. The summed E-state index contributed by atoms with van der Waals surface area (Å²) in [6.07, 6.45) is 1.11. The Morgan fingerprint density at radius 1 is 1.50 bits per heavy atom. The van der Waals surface area contributed by atoms with Crippen molar-refractivity contribution >= 4 is 29.3 Å². The highest BCUT2D eigenvalue weighted by molar-refractivity contribution is 8.22. The Balaban J connectivity index is 2.05. The fourth-order valence-electron chi connectivity index (χ4n) is 2.66. The summed E-state index contributed by atoms with van der Waals surface area (Å²) in [5.41, 5.74) is 0.733. The van der Waals surface area contributed by atoms with Crippen molar-refractivity contribution in [2.75, 3.05) is 11.5 Å². The molecule has 0 aromatic rings. The first kappa shape index (κ1) is 9.16. The average Bonchev–Trinajstić information content (AvgIpc) is 2.70. The summed E-state index contributed by atoms with van der Waals surface area (Å²) < 4.78 is -0.190. The van der Waals surface area contributed by atoms with Crippen LogP contribution in [0.1, 0.15) is 13.3 Å².